The third kappa shape index (κ3) is 5.62. The Morgan fingerprint density at radius 2 is 1.71 bits per heavy atom. The first-order valence-corrected chi connectivity index (χ1v) is 12.1. The minimum atomic E-state index is -0.552. The molecule has 34 heavy (non-hydrogen) atoms. The first kappa shape index (κ1) is 23.9. The molecule has 8 heteroatoms. The Bertz CT molecular complexity index is 1160. The van der Waals surface area contributed by atoms with Crippen LogP contribution in [0.15, 0.2) is 30.5 Å². The molecule has 0 saturated carbocycles. The molecule has 1 aliphatic heterocycles. The molecule has 0 atom stereocenters. The lowest BCUT2D eigenvalue weighted by atomic mass is 10.1. The van der Waals surface area contributed by atoms with E-state index >= 15 is 0 Å². The highest BCUT2D eigenvalue weighted by atomic mass is 16.1. The smallest absolute Gasteiger partial charge is 0.254 e. The summed E-state index contributed by atoms with van der Waals surface area (Å²) in [5.41, 5.74) is 11.2. The molecule has 1 aliphatic rings. The van der Waals surface area contributed by atoms with Crippen molar-refractivity contribution in [2.75, 3.05) is 13.1 Å². The van der Waals surface area contributed by atoms with Crippen LogP contribution in [0.4, 0.5) is 0 Å². The number of amides is 2. The molecule has 0 bridgehead atoms. The number of hydrogen-bond acceptors (Lipinski definition) is 5. The van der Waals surface area contributed by atoms with E-state index in [-0.39, 0.29) is 5.91 Å². The van der Waals surface area contributed by atoms with Crippen molar-refractivity contribution in [1.82, 2.24) is 24.8 Å². The highest BCUT2D eigenvalue weighted by Gasteiger charge is 2.17. The van der Waals surface area contributed by atoms with Gasteiger partial charge in [-0.1, -0.05) is 37.1 Å². The Hall–Kier alpha value is -3.26. The number of likely N-dealkylation sites (tertiary alicyclic amines) is 1. The Labute approximate surface area is 200 Å². The van der Waals surface area contributed by atoms with Crippen molar-refractivity contribution < 1.29 is 9.59 Å². The van der Waals surface area contributed by atoms with Gasteiger partial charge in [0.1, 0.15) is 5.56 Å². The van der Waals surface area contributed by atoms with E-state index in [1.165, 1.54) is 50.5 Å². The number of fused-ring (bicyclic) bond motifs is 1. The number of aryl methyl sites for hydroxylation is 2. The lowest BCUT2D eigenvalue weighted by molar-refractivity contribution is -0.121. The third-order valence-electron chi connectivity index (χ3n) is 6.69. The van der Waals surface area contributed by atoms with Crippen LogP contribution in [0.2, 0.25) is 0 Å². The van der Waals surface area contributed by atoms with Crippen molar-refractivity contribution in [2.45, 2.75) is 65.5 Å². The van der Waals surface area contributed by atoms with Gasteiger partial charge >= 0.3 is 0 Å². The minimum absolute atomic E-state index is 0.00849. The zero-order valence-electron chi connectivity index (χ0n) is 20.1. The number of carbonyl (C=O) groups is 2. The Balaban J connectivity index is 1.30. The van der Waals surface area contributed by atoms with E-state index in [2.05, 4.69) is 44.6 Å². The zero-order chi connectivity index (χ0) is 24.1. The maximum absolute atomic E-state index is 12.5. The highest BCUT2D eigenvalue weighted by molar-refractivity contribution is 5.98. The van der Waals surface area contributed by atoms with Crippen LogP contribution in [0.3, 0.4) is 0 Å². The molecule has 0 radical (unpaired) electrons. The summed E-state index contributed by atoms with van der Waals surface area (Å²) >= 11 is 0. The fraction of sp³-hybridized carbons (Fsp3) is 0.462. The van der Waals surface area contributed by atoms with Gasteiger partial charge in [-0.3, -0.25) is 14.5 Å². The van der Waals surface area contributed by atoms with E-state index in [0.29, 0.717) is 30.6 Å². The van der Waals surface area contributed by atoms with E-state index in [4.69, 9.17) is 5.73 Å². The van der Waals surface area contributed by atoms with Crippen molar-refractivity contribution in [3.05, 3.63) is 64.1 Å². The second kappa shape index (κ2) is 10.8. The number of nitrogens with two attached hydrogens (primary N) is 1. The van der Waals surface area contributed by atoms with Gasteiger partial charge in [-0.15, -0.1) is 0 Å². The molecule has 3 aromatic rings. The van der Waals surface area contributed by atoms with Gasteiger partial charge in [0.25, 0.3) is 5.91 Å². The van der Waals surface area contributed by atoms with Crippen molar-refractivity contribution in [3.8, 4) is 0 Å². The number of carbonyl (C=O) groups excluding carboxylic acids is 2. The number of benzene rings is 1. The SMILES string of the molecule is Cc1nc2c(C(N)=O)cnn2c(C)c1CCC(=O)NCc1ccc(CN2CCCCCC2)cc1. The number of aromatic nitrogens is 3. The standard InChI is InChI=1S/C26H34N6O2/c1-18-22(19(2)32-26(30-18)23(16-29-32)25(27)34)11-12-24(33)28-15-20-7-9-21(10-8-20)17-31-13-5-3-4-6-14-31/h7-10,16H,3-6,11-15,17H2,1-2H3,(H2,27,34)(H,28,33). The van der Waals surface area contributed by atoms with Crippen LogP contribution in [0.1, 0.15) is 70.5 Å². The van der Waals surface area contributed by atoms with Crippen molar-refractivity contribution in [1.29, 1.82) is 0 Å². The molecule has 180 valence electrons. The number of nitrogens with zero attached hydrogens (tertiary/aromatic N) is 4. The minimum Gasteiger partial charge on any atom is -0.365 e. The summed E-state index contributed by atoms with van der Waals surface area (Å²) in [4.78, 5) is 31.1. The van der Waals surface area contributed by atoms with Crippen LogP contribution in [0.5, 0.6) is 0 Å². The topological polar surface area (TPSA) is 106 Å². The largest absolute Gasteiger partial charge is 0.365 e. The van der Waals surface area contributed by atoms with E-state index in [0.717, 1.165) is 29.1 Å². The molecule has 1 aromatic carbocycles. The van der Waals surface area contributed by atoms with Gasteiger partial charge in [0.2, 0.25) is 5.91 Å². The Kier molecular flexibility index (Phi) is 7.57. The third-order valence-corrected chi connectivity index (χ3v) is 6.69. The molecule has 0 spiro atoms. The predicted octanol–water partition coefficient (Wildman–Crippen LogP) is 3.07. The van der Waals surface area contributed by atoms with Gasteiger partial charge in [-0.25, -0.2) is 9.50 Å². The molecule has 1 saturated heterocycles. The molecular weight excluding hydrogens is 428 g/mol. The van der Waals surface area contributed by atoms with Crippen LogP contribution >= 0.6 is 0 Å². The first-order chi connectivity index (χ1) is 16.4. The molecule has 4 rings (SSSR count). The van der Waals surface area contributed by atoms with E-state index in [9.17, 15) is 9.59 Å². The predicted molar refractivity (Wildman–Crippen MR) is 131 cm³/mol. The van der Waals surface area contributed by atoms with Crippen LogP contribution in [0, 0.1) is 13.8 Å². The van der Waals surface area contributed by atoms with E-state index in [1.54, 1.807) is 4.52 Å². The average molecular weight is 463 g/mol. The van der Waals surface area contributed by atoms with Crippen LogP contribution < -0.4 is 11.1 Å². The summed E-state index contributed by atoms with van der Waals surface area (Å²) < 4.78 is 1.62. The van der Waals surface area contributed by atoms with E-state index < -0.39 is 5.91 Å². The van der Waals surface area contributed by atoms with Crippen molar-refractivity contribution in [3.63, 3.8) is 0 Å². The number of hydrogen-bond donors (Lipinski definition) is 2. The van der Waals surface area contributed by atoms with Gasteiger partial charge in [0.15, 0.2) is 5.65 Å². The van der Waals surface area contributed by atoms with Crippen molar-refractivity contribution >= 4 is 17.5 Å². The number of primary amides is 1. The number of rotatable bonds is 8. The summed E-state index contributed by atoms with van der Waals surface area (Å²) in [5.74, 6) is -0.561. The molecule has 8 nitrogen and oxygen atoms in total. The molecule has 2 amide bonds. The molecule has 0 unspecified atom stereocenters. The van der Waals surface area contributed by atoms with Gasteiger partial charge in [-0.2, -0.15) is 5.10 Å². The molecule has 3 heterocycles. The molecular formula is C26H34N6O2. The van der Waals surface area contributed by atoms with Gasteiger partial charge in [-0.05, 0) is 62.9 Å². The average Bonchev–Trinajstić information content (AvgIpc) is 3.07. The van der Waals surface area contributed by atoms with Crippen LogP contribution in [-0.2, 0) is 24.3 Å². The van der Waals surface area contributed by atoms with Gasteiger partial charge in [0, 0.05) is 30.9 Å². The lowest BCUT2D eigenvalue weighted by Crippen LogP contribution is -2.24. The molecule has 3 N–H and O–H groups in total. The maximum atomic E-state index is 12.5. The monoisotopic (exact) mass is 462 g/mol. The fourth-order valence-corrected chi connectivity index (χ4v) is 4.69. The summed E-state index contributed by atoms with van der Waals surface area (Å²) in [5, 5.41) is 7.26. The normalized spacial score (nSPS) is 14.8. The molecule has 2 aromatic heterocycles. The van der Waals surface area contributed by atoms with Crippen molar-refractivity contribution in [2.24, 2.45) is 5.73 Å². The van der Waals surface area contributed by atoms with Crippen LogP contribution in [0.25, 0.3) is 5.65 Å². The van der Waals surface area contributed by atoms with Gasteiger partial charge < -0.3 is 11.1 Å². The van der Waals surface area contributed by atoms with E-state index in [1.807, 2.05) is 13.8 Å². The lowest BCUT2D eigenvalue weighted by Gasteiger charge is -2.19. The maximum Gasteiger partial charge on any atom is 0.254 e. The molecule has 1 fully saturated rings. The van der Waals surface area contributed by atoms with Gasteiger partial charge in [0.05, 0.1) is 6.20 Å². The number of nitrogens with one attached hydrogen (secondary N) is 1. The first-order valence-electron chi connectivity index (χ1n) is 12.1. The Morgan fingerprint density at radius 1 is 1.03 bits per heavy atom. The molecule has 0 aliphatic carbocycles. The quantitative estimate of drug-likeness (QED) is 0.535. The summed E-state index contributed by atoms with van der Waals surface area (Å²) in [6, 6.07) is 8.55. The zero-order valence-corrected chi connectivity index (χ0v) is 20.1. The summed E-state index contributed by atoms with van der Waals surface area (Å²) in [7, 11) is 0. The second-order valence-corrected chi connectivity index (χ2v) is 9.20. The fourth-order valence-electron chi connectivity index (χ4n) is 4.69. The Morgan fingerprint density at radius 3 is 2.38 bits per heavy atom. The summed E-state index contributed by atoms with van der Waals surface area (Å²) in [6.07, 6.45) is 7.62. The second-order valence-electron chi connectivity index (χ2n) is 9.20. The van der Waals surface area contributed by atoms with Crippen LogP contribution in [-0.4, -0.2) is 44.4 Å². The summed E-state index contributed by atoms with van der Waals surface area (Å²) in [6.45, 7) is 7.68. The highest BCUT2D eigenvalue weighted by Crippen LogP contribution is 2.19.